The molecule has 1 atom stereocenters. The zero-order valence-corrected chi connectivity index (χ0v) is 12.2. The van der Waals surface area contributed by atoms with Crippen LogP contribution in [0.25, 0.3) is 0 Å². The molecule has 0 saturated carbocycles. The van der Waals surface area contributed by atoms with E-state index < -0.39 is 11.7 Å². The van der Waals surface area contributed by atoms with Crippen molar-refractivity contribution in [1.29, 1.82) is 0 Å². The van der Waals surface area contributed by atoms with E-state index in [2.05, 4.69) is 5.32 Å². The second-order valence-electron chi connectivity index (χ2n) is 3.93. The minimum atomic E-state index is -0.638. The standard InChI is InChI=1S/C13H10Cl2FNOS/c1-7(10-5-6-11(15)19-10)17-13(18)12-8(14)3-2-4-9(12)16/h2-7H,1H3,(H,17,18)/t7-/m1/s1. The van der Waals surface area contributed by atoms with Crippen molar-refractivity contribution >= 4 is 40.4 Å². The molecule has 1 heterocycles. The van der Waals surface area contributed by atoms with Crippen molar-refractivity contribution < 1.29 is 9.18 Å². The Morgan fingerprint density at radius 2 is 2.05 bits per heavy atom. The van der Waals surface area contributed by atoms with Crippen molar-refractivity contribution in [3.63, 3.8) is 0 Å². The van der Waals surface area contributed by atoms with Gasteiger partial charge in [-0.2, -0.15) is 0 Å². The van der Waals surface area contributed by atoms with Crippen LogP contribution >= 0.6 is 34.5 Å². The second-order valence-corrected chi connectivity index (χ2v) is 6.09. The number of hydrogen-bond acceptors (Lipinski definition) is 2. The fourth-order valence-corrected chi connectivity index (χ4v) is 2.93. The lowest BCUT2D eigenvalue weighted by atomic mass is 10.1. The molecule has 0 unspecified atom stereocenters. The van der Waals surface area contributed by atoms with E-state index in [1.807, 2.05) is 6.07 Å². The number of amides is 1. The molecule has 19 heavy (non-hydrogen) atoms. The van der Waals surface area contributed by atoms with Gasteiger partial charge < -0.3 is 5.32 Å². The topological polar surface area (TPSA) is 29.1 Å². The van der Waals surface area contributed by atoms with Gasteiger partial charge in [0.25, 0.3) is 5.91 Å². The molecule has 0 fully saturated rings. The number of carbonyl (C=O) groups is 1. The van der Waals surface area contributed by atoms with Crippen LogP contribution in [0.3, 0.4) is 0 Å². The zero-order valence-electron chi connectivity index (χ0n) is 9.91. The Morgan fingerprint density at radius 3 is 2.63 bits per heavy atom. The highest BCUT2D eigenvalue weighted by atomic mass is 35.5. The summed E-state index contributed by atoms with van der Waals surface area (Å²) >= 11 is 13.0. The average Bonchev–Trinajstić information content (AvgIpc) is 2.75. The number of benzene rings is 1. The number of halogens is 3. The highest BCUT2D eigenvalue weighted by Gasteiger charge is 2.18. The molecule has 6 heteroatoms. The predicted molar refractivity (Wildman–Crippen MR) is 76.6 cm³/mol. The molecule has 1 aromatic heterocycles. The molecule has 0 radical (unpaired) electrons. The van der Waals surface area contributed by atoms with Crippen LogP contribution in [0.1, 0.15) is 28.2 Å². The van der Waals surface area contributed by atoms with Gasteiger partial charge in [0.1, 0.15) is 5.82 Å². The van der Waals surface area contributed by atoms with Crippen LogP contribution in [0.5, 0.6) is 0 Å². The van der Waals surface area contributed by atoms with Gasteiger partial charge in [-0.15, -0.1) is 11.3 Å². The first-order valence-corrected chi connectivity index (χ1v) is 7.06. The molecular formula is C13H10Cl2FNOS. The van der Waals surface area contributed by atoms with Gasteiger partial charge in [-0.25, -0.2) is 4.39 Å². The van der Waals surface area contributed by atoms with Crippen molar-refractivity contribution in [2.75, 3.05) is 0 Å². The van der Waals surface area contributed by atoms with Crippen LogP contribution in [-0.2, 0) is 0 Å². The number of carbonyl (C=O) groups excluding carboxylic acids is 1. The lowest BCUT2D eigenvalue weighted by Crippen LogP contribution is -2.27. The summed E-state index contributed by atoms with van der Waals surface area (Å²) < 4.78 is 14.2. The van der Waals surface area contributed by atoms with E-state index in [9.17, 15) is 9.18 Å². The van der Waals surface area contributed by atoms with Crippen LogP contribution < -0.4 is 5.32 Å². The summed E-state index contributed by atoms with van der Waals surface area (Å²) in [5.41, 5.74) is -0.140. The number of hydrogen-bond donors (Lipinski definition) is 1. The van der Waals surface area contributed by atoms with Gasteiger partial charge in [-0.3, -0.25) is 4.79 Å². The Morgan fingerprint density at radius 1 is 1.32 bits per heavy atom. The van der Waals surface area contributed by atoms with Crippen molar-refractivity contribution in [1.82, 2.24) is 5.32 Å². The smallest absolute Gasteiger partial charge is 0.256 e. The molecule has 0 aliphatic heterocycles. The van der Waals surface area contributed by atoms with E-state index in [1.165, 1.54) is 29.5 Å². The maximum Gasteiger partial charge on any atom is 0.256 e. The summed E-state index contributed by atoms with van der Waals surface area (Å²) in [7, 11) is 0. The minimum absolute atomic E-state index is 0.0916. The van der Waals surface area contributed by atoms with Crippen molar-refractivity contribution in [2.45, 2.75) is 13.0 Å². The first kappa shape index (κ1) is 14.3. The number of nitrogens with one attached hydrogen (secondary N) is 1. The quantitative estimate of drug-likeness (QED) is 0.874. The summed E-state index contributed by atoms with van der Waals surface area (Å²) in [4.78, 5) is 12.9. The minimum Gasteiger partial charge on any atom is -0.345 e. The van der Waals surface area contributed by atoms with Crippen LogP contribution in [-0.4, -0.2) is 5.91 Å². The molecule has 0 bridgehead atoms. The SMILES string of the molecule is C[C@@H](NC(=O)c1c(F)cccc1Cl)c1ccc(Cl)s1. The zero-order chi connectivity index (χ0) is 14.0. The highest BCUT2D eigenvalue weighted by Crippen LogP contribution is 2.27. The summed E-state index contributed by atoms with van der Waals surface area (Å²) in [5, 5.41) is 2.79. The van der Waals surface area contributed by atoms with E-state index >= 15 is 0 Å². The van der Waals surface area contributed by atoms with Gasteiger partial charge in [-0.05, 0) is 31.2 Å². The lowest BCUT2D eigenvalue weighted by Gasteiger charge is -2.13. The van der Waals surface area contributed by atoms with Crippen LogP contribution in [0.4, 0.5) is 4.39 Å². The Bertz CT molecular complexity index is 594. The summed E-state index contributed by atoms with van der Waals surface area (Å²) in [6, 6.07) is 7.44. The van der Waals surface area contributed by atoms with E-state index in [0.717, 1.165) is 4.88 Å². The van der Waals surface area contributed by atoms with Gasteiger partial charge >= 0.3 is 0 Å². The normalized spacial score (nSPS) is 12.2. The van der Waals surface area contributed by atoms with Crippen molar-refractivity contribution in [2.24, 2.45) is 0 Å². The molecule has 2 rings (SSSR count). The van der Waals surface area contributed by atoms with Crippen LogP contribution in [0, 0.1) is 5.82 Å². The fourth-order valence-electron chi connectivity index (χ4n) is 1.62. The average molecular weight is 318 g/mol. The maximum absolute atomic E-state index is 13.6. The van der Waals surface area contributed by atoms with Gasteiger partial charge in [0.2, 0.25) is 0 Å². The van der Waals surface area contributed by atoms with Crippen LogP contribution in [0.15, 0.2) is 30.3 Å². The maximum atomic E-state index is 13.6. The summed E-state index contributed by atoms with van der Waals surface area (Å²) in [6.07, 6.45) is 0. The molecule has 0 aliphatic carbocycles. The van der Waals surface area contributed by atoms with Crippen molar-refractivity contribution in [3.05, 3.63) is 55.9 Å². The molecule has 100 valence electrons. The molecule has 0 spiro atoms. The molecule has 2 aromatic rings. The van der Waals surface area contributed by atoms with Gasteiger partial charge in [0.05, 0.1) is 21.0 Å². The van der Waals surface area contributed by atoms with E-state index in [-0.39, 0.29) is 16.6 Å². The summed E-state index contributed by atoms with van der Waals surface area (Å²) in [6.45, 7) is 1.80. The monoisotopic (exact) mass is 317 g/mol. The third kappa shape index (κ3) is 3.26. The third-order valence-corrected chi connectivity index (χ3v) is 4.29. The third-order valence-electron chi connectivity index (χ3n) is 2.56. The van der Waals surface area contributed by atoms with E-state index in [4.69, 9.17) is 23.2 Å². The Kier molecular flexibility index (Phi) is 4.45. The summed E-state index contributed by atoms with van der Waals surface area (Å²) in [5.74, 6) is -1.18. The lowest BCUT2D eigenvalue weighted by molar-refractivity contribution is 0.0936. The number of thiophene rings is 1. The van der Waals surface area contributed by atoms with Crippen molar-refractivity contribution in [3.8, 4) is 0 Å². The second kappa shape index (κ2) is 5.90. The molecule has 2 nitrogen and oxygen atoms in total. The van der Waals surface area contributed by atoms with Gasteiger partial charge in [-0.1, -0.05) is 29.3 Å². The van der Waals surface area contributed by atoms with Crippen LogP contribution in [0.2, 0.25) is 9.36 Å². The molecular weight excluding hydrogens is 308 g/mol. The van der Waals surface area contributed by atoms with E-state index in [1.54, 1.807) is 13.0 Å². The largest absolute Gasteiger partial charge is 0.345 e. The van der Waals surface area contributed by atoms with Gasteiger partial charge in [0.15, 0.2) is 0 Å². The molecule has 1 N–H and O–H groups in total. The highest BCUT2D eigenvalue weighted by molar-refractivity contribution is 7.16. The Balaban J connectivity index is 2.17. The fraction of sp³-hybridized carbons (Fsp3) is 0.154. The Labute approximate surface area is 124 Å². The first-order valence-electron chi connectivity index (χ1n) is 5.49. The van der Waals surface area contributed by atoms with E-state index in [0.29, 0.717) is 4.34 Å². The molecule has 0 aliphatic rings. The first-order chi connectivity index (χ1) is 8.99. The molecule has 1 aromatic carbocycles. The molecule has 0 saturated heterocycles. The molecule has 1 amide bonds. The predicted octanol–water partition coefficient (Wildman–Crippen LogP) is 4.69. The number of rotatable bonds is 3. The van der Waals surface area contributed by atoms with Gasteiger partial charge in [0, 0.05) is 4.88 Å². The Hall–Kier alpha value is -1.10.